The summed E-state index contributed by atoms with van der Waals surface area (Å²) >= 11 is 3.45. The molecule has 0 fully saturated rings. The zero-order chi connectivity index (χ0) is 17.0. The van der Waals surface area contributed by atoms with E-state index in [0.29, 0.717) is 11.3 Å². The summed E-state index contributed by atoms with van der Waals surface area (Å²) in [7, 11) is 0. The van der Waals surface area contributed by atoms with Crippen molar-refractivity contribution in [1.29, 1.82) is 0 Å². The highest BCUT2D eigenvalue weighted by Crippen LogP contribution is 2.20. The van der Waals surface area contributed by atoms with Crippen molar-refractivity contribution in [2.45, 2.75) is 26.8 Å². The van der Waals surface area contributed by atoms with Gasteiger partial charge in [-0.05, 0) is 56.7 Å². The highest BCUT2D eigenvalue weighted by Gasteiger charge is 2.13. The van der Waals surface area contributed by atoms with Gasteiger partial charge >= 0.3 is 0 Å². The number of aryl methyl sites for hydroxylation is 1. The van der Waals surface area contributed by atoms with Crippen LogP contribution in [0.25, 0.3) is 0 Å². The molecule has 0 radical (unpaired) electrons. The average Bonchev–Trinajstić information content (AvgIpc) is 2.51. The third-order valence-corrected chi connectivity index (χ3v) is 4.36. The molecule has 0 spiro atoms. The second kappa shape index (κ2) is 7.42. The van der Waals surface area contributed by atoms with Gasteiger partial charge in [0.15, 0.2) is 5.78 Å². The number of carbonyl (C=O) groups excluding carboxylic acids is 2. The van der Waals surface area contributed by atoms with Gasteiger partial charge in [0.05, 0.1) is 0 Å². The van der Waals surface area contributed by atoms with Crippen LogP contribution in [-0.2, 0) is 4.79 Å². The molecule has 0 saturated carbocycles. The molecule has 0 bridgehead atoms. The van der Waals surface area contributed by atoms with Crippen LogP contribution in [0.4, 0.5) is 11.4 Å². The summed E-state index contributed by atoms with van der Waals surface area (Å²) in [5.74, 6) is -0.191. The fourth-order valence-corrected chi connectivity index (χ4v) is 2.36. The molecule has 2 aromatic rings. The third kappa shape index (κ3) is 4.66. The maximum atomic E-state index is 12.3. The molecular weight excluding hydrogens is 356 g/mol. The van der Waals surface area contributed by atoms with E-state index in [1.807, 2.05) is 25.1 Å². The Labute approximate surface area is 144 Å². The first-order valence-electron chi connectivity index (χ1n) is 7.31. The minimum Gasteiger partial charge on any atom is -0.374 e. The summed E-state index contributed by atoms with van der Waals surface area (Å²) in [5.41, 5.74) is 3.16. The Kier molecular flexibility index (Phi) is 5.55. The largest absolute Gasteiger partial charge is 0.374 e. The normalized spacial score (nSPS) is 11.7. The van der Waals surface area contributed by atoms with Crippen LogP contribution in [0.1, 0.15) is 29.8 Å². The lowest BCUT2D eigenvalue weighted by atomic mass is 10.1. The Hall–Kier alpha value is -2.14. The maximum absolute atomic E-state index is 12.3. The molecule has 0 aliphatic heterocycles. The summed E-state index contributed by atoms with van der Waals surface area (Å²) in [4.78, 5) is 23.7. The molecule has 1 unspecified atom stereocenters. The van der Waals surface area contributed by atoms with Crippen molar-refractivity contribution >= 4 is 39.0 Å². The molecule has 2 aromatic carbocycles. The van der Waals surface area contributed by atoms with Crippen LogP contribution in [0, 0.1) is 6.92 Å². The van der Waals surface area contributed by atoms with E-state index in [-0.39, 0.29) is 11.7 Å². The van der Waals surface area contributed by atoms with Crippen LogP contribution < -0.4 is 10.6 Å². The standard InChI is InChI=1S/C18H19BrN2O2/c1-11-9-16(7-8-17(11)19)20-12(2)18(23)21-15-6-4-5-14(10-15)13(3)22/h4-10,12,20H,1-3H3,(H,21,23). The van der Waals surface area contributed by atoms with Gasteiger partial charge in [-0.2, -0.15) is 0 Å². The van der Waals surface area contributed by atoms with Gasteiger partial charge in [-0.15, -0.1) is 0 Å². The molecule has 1 amide bonds. The van der Waals surface area contributed by atoms with Gasteiger partial charge in [0.1, 0.15) is 6.04 Å². The molecule has 1 atom stereocenters. The topological polar surface area (TPSA) is 58.2 Å². The molecule has 0 aliphatic carbocycles. The van der Waals surface area contributed by atoms with E-state index >= 15 is 0 Å². The highest BCUT2D eigenvalue weighted by atomic mass is 79.9. The molecule has 0 heterocycles. The van der Waals surface area contributed by atoms with E-state index in [9.17, 15) is 9.59 Å². The van der Waals surface area contributed by atoms with E-state index in [2.05, 4.69) is 26.6 Å². The van der Waals surface area contributed by atoms with Crippen LogP contribution in [0.5, 0.6) is 0 Å². The van der Waals surface area contributed by atoms with Gasteiger partial charge in [-0.3, -0.25) is 9.59 Å². The molecule has 23 heavy (non-hydrogen) atoms. The van der Waals surface area contributed by atoms with Crippen LogP contribution in [0.3, 0.4) is 0 Å². The minimum absolute atomic E-state index is 0.0300. The van der Waals surface area contributed by atoms with Crippen LogP contribution in [0.15, 0.2) is 46.9 Å². The van der Waals surface area contributed by atoms with Crippen molar-refractivity contribution in [3.8, 4) is 0 Å². The number of hydrogen-bond donors (Lipinski definition) is 2. The first-order chi connectivity index (χ1) is 10.9. The first kappa shape index (κ1) is 17.2. The molecule has 5 heteroatoms. The minimum atomic E-state index is -0.406. The lowest BCUT2D eigenvalue weighted by Gasteiger charge is -2.16. The number of halogens is 1. The molecule has 4 nitrogen and oxygen atoms in total. The lowest BCUT2D eigenvalue weighted by molar-refractivity contribution is -0.116. The van der Waals surface area contributed by atoms with Gasteiger partial charge in [0, 0.05) is 21.4 Å². The van der Waals surface area contributed by atoms with Gasteiger partial charge in [0.25, 0.3) is 0 Å². The van der Waals surface area contributed by atoms with Gasteiger partial charge < -0.3 is 10.6 Å². The quantitative estimate of drug-likeness (QED) is 0.762. The number of ketones is 1. The number of benzene rings is 2. The summed E-state index contributed by atoms with van der Waals surface area (Å²) in [6, 6.07) is 12.3. The number of amides is 1. The fourth-order valence-electron chi connectivity index (χ4n) is 2.12. The SMILES string of the molecule is CC(=O)c1cccc(NC(=O)C(C)Nc2ccc(Br)c(C)c2)c1. The van der Waals surface area contributed by atoms with Crippen molar-refractivity contribution in [3.63, 3.8) is 0 Å². The number of carbonyl (C=O) groups is 2. The maximum Gasteiger partial charge on any atom is 0.246 e. The van der Waals surface area contributed by atoms with Gasteiger partial charge in [-0.25, -0.2) is 0 Å². The summed E-state index contributed by atoms with van der Waals surface area (Å²) < 4.78 is 1.03. The Morgan fingerprint density at radius 1 is 1.09 bits per heavy atom. The number of rotatable bonds is 5. The van der Waals surface area contributed by atoms with E-state index in [0.717, 1.165) is 15.7 Å². The number of nitrogens with one attached hydrogen (secondary N) is 2. The number of anilines is 2. The lowest BCUT2D eigenvalue weighted by Crippen LogP contribution is -2.31. The number of Topliss-reactive ketones (excluding diaryl/α,β-unsaturated/α-hetero) is 1. The van der Waals surface area contributed by atoms with Crippen LogP contribution in [-0.4, -0.2) is 17.7 Å². The van der Waals surface area contributed by atoms with Gasteiger partial charge in [-0.1, -0.05) is 28.1 Å². The van der Waals surface area contributed by atoms with E-state index in [1.165, 1.54) is 6.92 Å². The Morgan fingerprint density at radius 3 is 2.48 bits per heavy atom. The summed E-state index contributed by atoms with van der Waals surface area (Å²) in [5, 5.41) is 5.99. The summed E-state index contributed by atoms with van der Waals surface area (Å²) in [6.07, 6.45) is 0. The van der Waals surface area contributed by atoms with Crippen molar-refractivity contribution in [2.24, 2.45) is 0 Å². The monoisotopic (exact) mass is 374 g/mol. The Bertz CT molecular complexity index is 744. The molecule has 120 valence electrons. The zero-order valence-corrected chi connectivity index (χ0v) is 14.9. The van der Waals surface area contributed by atoms with Gasteiger partial charge in [0.2, 0.25) is 5.91 Å². The van der Waals surface area contributed by atoms with E-state index in [1.54, 1.807) is 31.2 Å². The molecule has 2 rings (SSSR count). The second-order valence-electron chi connectivity index (χ2n) is 5.46. The predicted octanol–water partition coefficient (Wildman–Crippen LogP) is 4.40. The Morgan fingerprint density at radius 2 is 1.83 bits per heavy atom. The van der Waals surface area contributed by atoms with Crippen molar-refractivity contribution in [2.75, 3.05) is 10.6 Å². The molecular formula is C18H19BrN2O2. The predicted molar refractivity (Wildman–Crippen MR) is 97.0 cm³/mol. The molecule has 0 aliphatic rings. The smallest absolute Gasteiger partial charge is 0.246 e. The summed E-state index contributed by atoms with van der Waals surface area (Å²) in [6.45, 7) is 5.29. The van der Waals surface area contributed by atoms with Crippen molar-refractivity contribution in [1.82, 2.24) is 0 Å². The third-order valence-electron chi connectivity index (χ3n) is 3.47. The van der Waals surface area contributed by atoms with E-state index in [4.69, 9.17) is 0 Å². The second-order valence-corrected chi connectivity index (χ2v) is 6.31. The molecule has 0 aromatic heterocycles. The zero-order valence-electron chi connectivity index (χ0n) is 13.3. The van der Waals surface area contributed by atoms with Crippen molar-refractivity contribution in [3.05, 3.63) is 58.1 Å². The van der Waals surface area contributed by atoms with Crippen LogP contribution >= 0.6 is 15.9 Å². The van der Waals surface area contributed by atoms with Crippen molar-refractivity contribution < 1.29 is 9.59 Å². The fraction of sp³-hybridized carbons (Fsp3) is 0.222. The first-order valence-corrected chi connectivity index (χ1v) is 8.10. The molecule has 0 saturated heterocycles. The Balaban J connectivity index is 2.03. The highest BCUT2D eigenvalue weighted by molar-refractivity contribution is 9.10. The average molecular weight is 375 g/mol. The number of hydrogen-bond acceptors (Lipinski definition) is 3. The van der Waals surface area contributed by atoms with Crippen LogP contribution in [0.2, 0.25) is 0 Å². The molecule has 2 N–H and O–H groups in total. The van der Waals surface area contributed by atoms with E-state index < -0.39 is 6.04 Å².